The van der Waals surface area contributed by atoms with E-state index >= 15 is 0 Å². The van der Waals surface area contributed by atoms with Crippen molar-refractivity contribution in [1.82, 2.24) is 5.32 Å². The Bertz CT molecular complexity index is 462. The quantitative estimate of drug-likeness (QED) is 0.850. The number of hydrogen-bond acceptors (Lipinski definition) is 3. The largest absolute Gasteiger partial charge is 0.465 e. The molecule has 3 heteroatoms. The molecule has 0 atom stereocenters. The Morgan fingerprint density at radius 2 is 2.00 bits per heavy atom. The molecular weight excluding hydrogens is 238 g/mol. The van der Waals surface area contributed by atoms with Crippen LogP contribution in [0, 0.1) is 13.8 Å². The van der Waals surface area contributed by atoms with Crippen LogP contribution in [-0.2, 0) is 14.9 Å². The Morgan fingerprint density at radius 3 is 2.58 bits per heavy atom. The summed E-state index contributed by atoms with van der Waals surface area (Å²) < 4.78 is 5.36. The maximum atomic E-state index is 12.5. The molecule has 0 spiro atoms. The van der Waals surface area contributed by atoms with Gasteiger partial charge in [0.2, 0.25) is 0 Å². The minimum absolute atomic E-state index is 0.0662. The molecule has 1 aliphatic heterocycles. The SMILES string of the molecule is CCOC(=O)C1(c2ccc(C)cc2C)CCNCC1. The fraction of sp³-hybridized carbons (Fsp3) is 0.562. The topological polar surface area (TPSA) is 38.3 Å². The number of carbonyl (C=O) groups is 1. The summed E-state index contributed by atoms with van der Waals surface area (Å²) in [6, 6.07) is 6.34. The average molecular weight is 261 g/mol. The van der Waals surface area contributed by atoms with Crippen molar-refractivity contribution < 1.29 is 9.53 Å². The van der Waals surface area contributed by atoms with Crippen LogP contribution in [0.1, 0.15) is 36.5 Å². The highest BCUT2D eigenvalue weighted by atomic mass is 16.5. The number of hydrogen-bond donors (Lipinski definition) is 1. The number of ether oxygens (including phenoxy) is 1. The van der Waals surface area contributed by atoms with Gasteiger partial charge in [-0.05, 0) is 57.8 Å². The molecule has 0 aliphatic carbocycles. The lowest BCUT2D eigenvalue weighted by Crippen LogP contribution is -2.46. The summed E-state index contributed by atoms with van der Waals surface area (Å²) in [4.78, 5) is 12.5. The van der Waals surface area contributed by atoms with Crippen molar-refractivity contribution in [3.8, 4) is 0 Å². The Balaban J connectivity index is 2.44. The number of piperidine rings is 1. The number of carbonyl (C=O) groups excluding carboxylic acids is 1. The van der Waals surface area contributed by atoms with Crippen LogP contribution < -0.4 is 5.32 Å². The first-order chi connectivity index (χ1) is 9.10. The van der Waals surface area contributed by atoms with Crippen molar-refractivity contribution in [2.75, 3.05) is 19.7 Å². The summed E-state index contributed by atoms with van der Waals surface area (Å²) in [5, 5.41) is 3.33. The molecule has 104 valence electrons. The normalized spacial score (nSPS) is 18.1. The van der Waals surface area contributed by atoms with E-state index < -0.39 is 5.41 Å². The Labute approximate surface area is 115 Å². The van der Waals surface area contributed by atoms with Crippen LogP contribution >= 0.6 is 0 Å². The Morgan fingerprint density at radius 1 is 1.32 bits per heavy atom. The third kappa shape index (κ3) is 2.66. The third-order valence-corrected chi connectivity index (χ3v) is 4.02. The lowest BCUT2D eigenvalue weighted by molar-refractivity contribution is -0.151. The monoisotopic (exact) mass is 261 g/mol. The van der Waals surface area contributed by atoms with Gasteiger partial charge in [0, 0.05) is 0 Å². The molecule has 0 unspecified atom stereocenters. The fourth-order valence-corrected chi connectivity index (χ4v) is 3.06. The van der Waals surface area contributed by atoms with Gasteiger partial charge >= 0.3 is 5.97 Å². The predicted molar refractivity (Wildman–Crippen MR) is 76.3 cm³/mol. The van der Waals surface area contributed by atoms with Gasteiger partial charge in [-0.2, -0.15) is 0 Å². The summed E-state index contributed by atoms with van der Waals surface area (Å²) in [7, 11) is 0. The molecule has 0 amide bonds. The van der Waals surface area contributed by atoms with Gasteiger partial charge in [0.05, 0.1) is 12.0 Å². The number of aryl methyl sites for hydroxylation is 2. The average Bonchev–Trinajstić information content (AvgIpc) is 2.39. The van der Waals surface area contributed by atoms with E-state index in [4.69, 9.17) is 4.74 Å². The molecule has 0 bridgehead atoms. The van der Waals surface area contributed by atoms with Gasteiger partial charge < -0.3 is 10.1 Å². The second-order valence-corrected chi connectivity index (χ2v) is 5.37. The van der Waals surface area contributed by atoms with Gasteiger partial charge in [-0.3, -0.25) is 4.79 Å². The van der Waals surface area contributed by atoms with Crippen LogP contribution in [0.3, 0.4) is 0 Å². The van der Waals surface area contributed by atoms with E-state index in [0.717, 1.165) is 31.5 Å². The van der Waals surface area contributed by atoms with Crippen LogP contribution in [0.4, 0.5) is 0 Å². The summed E-state index contributed by atoms with van der Waals surface area (Å²) in [6.45, 7) is 8.22. The van der Waals surface area contributed by atoms with Crippen LogP contribution in [-0.4, -0.2) is 25.7 Å². The number of nitrogens with one attached hydrogen (secondary N) is 1. The molecule has 2 rings (SSSR count). The number of rotatable bonds is 3. The van der Waals surface area contributed by atoms with Crippen LogP contribution in [0.25, 0.3) is 0 Å². The zero-order valence-electron chi connectivity index (χ0n) is 12.1. The second-order valence-electron chi connectivity index (χ2n) is 5.37. The minimum atomic E-state index is -0.459. The van der Waals surface area contributed by atoms with Crippen molar-refractivity contribution in [2.24, 2.45) is 0 Å². The zero-order chi connectivity index (χ0) is 13.9. The van der Waals surface area contributed by atoms with E-state index in [1.807, 2.05) is 6.92 Å². The summed E-state index contributed by atoms with van der Waals surface area (Å²) in [6.07, 6.45) is 1.63. The summed E-state index contributed by atoms with van der Waals surface area (Å²) >= 11 is 0. The van der Waals surface area contributed by atoms with Crippen molar-refractivity contribution in [1.29, 1.82) is 0 Å². The van der Waals surface area contributed by atoms with E-state index in [0.29, 0.717) is 6.61 Å². The van der Waals surface area contributed by atoms with Gasteiger partial charge in [-0.1, -0.05) is 23.8 Å². The van der Waals surface area contributed by atoms with Crippen LogP contribution in [0.5, 0.6) is 0 Å². The minimum Gasteiger partial charge on any atom is -0.465 e. The number of esters is 1. The summed E-state index contributed by atoms with van der Waals surface area (Å²) in [5.41, 5.74) is 3.10. The van der Waals surface area contributed by atoms with Gasteiger partial charge in [-0.25, -0.2) is 0 Å². The van der Waals surface area contributed by atoms with Gasteiger partial charge in [0.1, 0.15) is 0 Å². The van der Waals surface area contributed by atoms with Crippen molar-refractivity contribution in [2.45, 2.75) is 39.0 Å². The molecule has 1 N–H and O–H groups in total. The first kappa shape index (κ1) is 14.1. The zero-order valence-corrected chi connectivity index (χ0v) is 12.1. The maximum absolute atomic E-state index is 12.5. The highest BCUT2D eigenvalue weighted by molar-refractivity contribution is 5.84. The molecule has 1 heterocycles. The molecule has 0 aromatic heterocycles. The highest BCUT2D eigenvalue weighted by Crippen LogP contribution is 2.37. The predicted octanol–water partition coefficient (Wildman–Crippen LogP) is 2.49. The lowest BCUT2D eigenvalue weighted by Gasteiger charge is -2.36. The van der Waals surface area contributed by atoms with E-state index in [-0.39, 0.29) is 5.97 Å². The molecule has 1 aromatic carbocycles. The van der Waals surface area contributed by atoms with Gasteiger partial charge in [-0.15, -0.1) is 0 Å². The van der Waals surface area contributed by atoms with Crippen molar-refractivity contribution >= 4 is 5.97 Å². The third-order valence-electron chi connectivity index (χ3n) is 4.02. The molecule has 19 heavy (non-hydrogen) atoms. The highest BCUT2D eigenvalue weighted by Gasteiger charge is 2.43. The van der Waals surface area contributed by atoms with Crippen LogP contribution in [0.2, 0.25) is 0 Å². The Hall–Kier alpha value is -1.35. The lowest BCUT2D eigenvalue weighted by atomic mass is 9.71. The molecule has 1 aromatic rings. The molecular formula is C16H23NO2. The van der Waals surface area contributed by atoms with E-state index in [2.05, 4.69) is 37.4 Å². The molecule has 3 nitrogen and oxygen atoms in total. The molecule has 0 radical (unpaired) electrons. The van der Waals surface area contributed by atoms with Crippen molar-refractivity contribution in [3.63, 3.8) is 0 Å². The molecule has 1 saturated heterocycles. The van der Waals surface area contributed by atoms with Crippen LogP contribution in [0.15, 0.2) is 18.2 Å². The molecule has 1 aliphatic rings. The maximum Gasteiger partial charge on any atom is 0.316 e. The first-order valence-corrected chi connectivity index (χ1v) is 7.06. The first-order valence-electron chi connectivity index (χ1n) is 7.06. The van der Waals surface area contributed by atoms with E-state index in [1.54, 1.807) is 0 Å². The fourth-order valence-electron chi connectivity index (χ4n) is 3.06. The molecule has 1 fully saturated rings. The smallest absolute Gasteiger partial charge is 0.316 e. The number of benzene rings is 1. The Kier molecular flexibility index (Phi) is 4.25. The standard InChI is InChI=1S/C16H23NO2/c1-4-19-15(18)16(7-9-17-10-8-16)14-6-5-12(2)11-13(14)3/h5-6,11,17H,4,7-10H2,1-3H3. The van der Waals surface area contributed by atoms with Gasteiger partial charge in [0.25, 0.3) is 0 Å². The van der Waals surface area contributed by atoms with Gasteiger partial charge in [0.15, 0.2) is 0 Å². The second kappa shape index (κ2) is 5.74. The summed E-state index contributed by atoms with van der Waals surface area (Å²) in [5.74, 6) is -0.0662. The van der Waals surface area contributed by atoms with Crippen molar-refractivity contribution in [3.05, 3.63) is 34.9 Å². The van der Waals surface area contributed by atoms with E-state index in [1.165, 1.54) is 11.1 Å². The van der Waals surface area contributed by atoms with E-state index in [9.17, 15) is 4.79 Å². The molecule has 0 saturated carbocycles.